The number of carbonyl (C=O) groups excluding carboxylic acids is 1. The van der Waals surface area contributed by atoms with E-state index in [0.717, 1.165) is 0 Å². The third-order valence-corrected chi connectivity index (χ3v) is 5.51. The molecule has 2 aromatic carbocycles. The fourth-order valence-electron chi connectivity index (χ4n) is 3.55. The smallest absolute Gasteiger partial charge is 0.248 e. The molecule has 0 saturated carbocycles. The zero-order chi connectivity index (χ0) is 24.8. The summed E-state index contributed by atoms with van der Waals surface area (Å²) in [7, 11) is 0. The Kier molecular flexibility index (Phi) is 7.74. The minimum absolute atomic E-state index is 0.0620. The second-order valence-corrected chi connectivity index (χ2v) is 8.09. The van der Waals surface area contributed by atoms with Crippen molar-refractivity contribution in [2.45, 2.75) is 12.5 Å². The van der Waals surface area contributed by atoms with Crippen LogP contribution in [0, 0.1) is 17.1 Å². The number of hydrogen-bond acceptors (Lipinski definition) is 8. The molecule has 9 nitrogen and oxygen atoms in total. The highest BCUT2D eigenvalue weighted by atomic mass is 35.5. The van der Waals surface area contributed by atoms with Gasteiger partial charge in [0.1, 0.15) is 23.7 Å². The van der Waals surface area contributed by atoms with Crippen molar-refractivity contribution in [1.29, 1.82) is 5.26 Å². The Hall–Kier alpha value is -3.75. The quantitative estimate of drug-likeness (QED) is 0.210. The maximum atomic E-state index is 13.6. The molecule has 2 heterocycles. The van der Waals surface area contributed by atoms with E-state index >= 15 is 0 Å². The van der Waals surface area contributed by atoms with Crippen LogP contribution < -0.4 is 26.6 Å². The van der Waals surface area contributed by atoms with Gasteiger partial charge >= 0.3 is 0 Å². The molecule has 1 saturated heterocycles. The first kappa shape index (κ1) is 24.4. The first-order chi connectivity index (χ1) is 17.0. The average molecular weight is 497 g/mol. The van der Waals surface area contributed by atoms with E-state index in [0.29, 0.717) is 59.9 Å². The predicted octanol–water partition coefficient (Wildman–Crippen LogP) is 3.77. The maximum absolute atomic E-state index is 13.6. The number of ether oxygens (including phenoxy) is 2. The number of carbonyl (C=O) groups is 1. The summed E-state index contributed by atoms with van der Waals surface area (Å²) in [5.41, 5.74) is 4.50. The van der Waals surface area contributed by atoms with Gasteiger partial charge in [0.2, 0.25) is 5.91 Å². The fraction of sp³-hybridized carbons (Fsp3) is 0.208. The number of nitrogens with zero attached hydrogens (tertiary/aromatic N) is 2. The number of pyridine rings is 1. The summed E-state index contributed by atoms with van der Waals surface area (Å²) in [5.74, 6) is 4.70. The second kappa shape index (κ2) is 11.1. The SMILES string of the molecule is N#Cc1cnc2cc(OC3CCOC3)c(NC(=O)/C=C/CNN)cc2c1Nc1ccc(F)c(Cl)c1. The summed E-state index contributed by atoms with van der Waals surface area (Å²) in [6.45, 7) is 1.34. The van der Waals surface area contributed by atoms with E-state index < -0.39 is 11.7 Å². The van der Waals surface area contributed by atoms with Crippen molar-refractivity contribution in [2.24, 2.45) is 5.84 Å². The number of halogens is 2. The molecule has 0 aliphatic carbocycles. The topological polar surface area (TPSA) is 134 Å². The Morgan fingerprint density at radius 1 is 1.40 bits per heavy atom. The lowest BCUT2D eigenvalue weighted by Gasteiger charge is -2.18. The average Bonchev–Trinajstić information content (AvgIpc) is 3.35. The van der Waals surface area contributed by atoms with Gasteiger partial charge in [-0.3, -0.25) is 21.0 Å². The zero-order valence-corrected chi connectivity index (χ0v) is 19.2. The van der Waals surface area contributed by atoms with Gasteiger partial charge in [0.15, 0.2) is 0 Å². The van der Waals surface area contributed by atoms with Crippen LogP contribution in [0.1, 0.15) is 12.0 Å². The van der Waals surface area contributed by atoms with Crippen LogP contribution in [0.2, 0.25) is 5.02 Å². The third-order valence-electron chi connectivity index (χ3n) is 5.22. The van der Waals surface area contributed by atoms with Crippen LogP contribution in [-0.2, 0) is 9.53 Å². The number of nitriles is 1. The summed E-state index contributed by atoms with van der Waals surface area (Å²) in [4.78, 5) is 16.9. The number of nitrogens with one attached hydrogen (secondary N) is 3. The van der Waals surface area contributed by atoms with Crippen molar-refractivity contribution < 1.29 is 18.7 Å². The van der Waals surface area contributed by atoms with E-state index in [-0.39, 0.29) is 16.7 Å². The maximum Gasteiger partial charge on any atom is 0.248 e. The highest BCUT2D eigenvalue weighted by Gasteiger charge is 2.21. The molecule has 1 fully saturated rings. The number of anilines is 3. The third kappa shape index (κ3) is 5.85. The number of benzene rings is 2. The summed E-state index contributed by atoms with van der Waals surface area (Å²) < 4.78 is 25.1. The van der Waals surface area contributed by atoms with Crippen molar-refractivity contribution in [2.75, 3.05) is 30.4 Å². The molecule has 180 valence electrons. The fourth-order valence-corrected chi connectivity index (χ4v) is 3.73. The molecule has 1 amide bonds. The van der Waals surface area contributed by atoms with Crippen molar-refractivity contribution in [3.05, 3.63) is 65.1 Å². The number of amides is 1. The molecule has 1 aromatic heterocycles. The minimum Gasteiger partial charge on any atom is -0.486 e. The standard InChI is InChI=1S/C24H22ClFN6O3/c25-18-8-15(3-4-19(18)26)31-24-14(11-27)12-29-20-10-22(35-16-5-7-34-13-16)21(9-17(20)24)32-23(33)2-1-6-30-28/h1-4,8-10,12,16,30H,5-7,13,28H2,(H,29,31)(H,32,33)/b2-1+. The largest absolute Gasteiger partial charge is 0.486 e. The number of hydrogen-bond donors (Lipinski definition) is 4. The van der Waals surface area contributed by atoms with Gasteiger partial charge < -0.3 is 20.1 Å². The molecule has 0 spiro atoms. The summed E-state index contributed by atoms with van der Waals surface area (Å²) in [6, 6.07) is 9.62. The van der Waals surface area contributed by atoms with Gasteiger partial charge in [0, 0.05) is 42.4 Å². The van der Waals surface area contributed by atoms with Gasteiger partial charge in [-0.25, -0.2) is 4.39 Å². The Balaban J connectivity index is 1.78. The normalized spacial score (nSPS) is 15.3. The lowest BCUT2D eigenvalue weighted by molar-refractivity contribution is -0.111. The monoisotopic (exact) mass is 496 g/mol. The van der Waals surface area contributed by atoms with E-state index in [1.807, 2.05) is 0 Å². The molecular formula is C24H22ClFN6O3. The number of hydrazine groups is 1. The van der Waals surface area contributed by atoms with Gasteiger partial charge in [-0.2, -0.15) is 5.26 Å². The molecule has 1 atom stereocenters. The van der Waals surface area contributed by atoms with E-state index in [9.17, 15) is 14.4 Å². The lowest BCUT2D eigenvalue weighted by atomic mass is 10.1. The highest BCUT2D eigenvalue weighted by Crippen LogP contribution is 2.37. The van der Waals surface area contributed by atoms with Crippen molar-refractivity contribution in [3.8, 4) is 11.8 Å². The van der Waals surface area contributed by atoms with Crippen LogP contribution in [0.25, 0.3) is 10.9 Å². The van der Waals surface area contributed by atoms with Gasteiger partial charge in [-0.1, -0.05) is 17.7 Å². The molecule has 3 aromatic rings. The lowest BCUT2D eigenvalue weighted by Crippen LogP contribution is -2.22. The summed E-state index contributed by atoms with van der Waals surface area (Å²) in [6.07, 6.45) is 4.89. The van der Waals surface area contributed by atoms with E-state index in [4.69, 9.17) is 26.9 Å². The first-order valence-corrected chi connectivity index (χ1v) is 11.1. The van der Waals surface area contributed by atoms with E-state index in [1.165, 1.54) is 30.5 Å². The molecule has 1 aliphatic rings. The van der Waals surface area contributed by atoms with Crippen LogP contribution in [0.5, 0.6) is 5.75 Å². The molecule has 4 rings (SSSR count). The molecule has 1 unspecified atom stereocenters. The van der Waals surface area contributed by atoms with Crippen molar-refractivity contribution >= 4 is 45.5 Å². The molecular weight excluding hydrogens is 475 g/mol. The van der Waals surface area contributed by atoms with Crippen LogP contribution in [0.15, 0.2) is 48.7 Å². The van der Waals surface area contributed by atoms with E-state index in [2.05, 4.69) is 27.1 Å². The Morgan fingerprint density at radius 2 is 2.26 bits per heavy atom. The van der Waals surface area contributed by atoms with Gasteiger partial charge in [-0.15, -0.1) is 0 Å². The van der Waals surface area contributed by atoms with Gasteiger partial charge in [-0.05, 0) is 24.3 Å². The molecule has 0 radical (unpaired) electrons. The van der Waals surface area contributed by atoms with Crippen LogP contribution >= 0.6 is 11.6 Å². The number of fused-ring (bicyclic) bond motifs is 1. The highest BCUT2D eigenvalue weighted by molar-refractivity contribution is 6.31. The minimum atomic E-state index is -0.558. The summed E-state index contributed by atoms with van der Waals surface area (Å²) >= 11 is 5.92. The van der Waals surface area contributed by atoms with Crippen LogP contribution in [-0.4, -0.2) is 36.8 Å². The number of rotatable bonds is 8. The second-order valence-electron chi connectivity index (χ2n) is 7.68. The van der Waals surface area contributed by atoms with Crippen LogP contribution in [0.4, 0.5) is 21.5 Å². The molecule has 35 heavy (non-hydrogen) atoms. The molecule has 11 heteroatoms. The van der Waals surface area contributed by atoms with Gasteiger partial charge in [0.25, 0.3) is 0 Å². The predicted molar refractivity (Wildman–Crippen MR) is 131 cm³/mol. The number of aromatic nitrogens is 1. The van der Waals surface area contributed by atoms with E-state index in [1.54, 1.807) is 18.2 Å². The zero-order valence-electron chi connectivity index (χ0n) is 18.5. The Labute approximate surface area is 205 Å². The van der Waals surface area contributed by atoms with Crippen LogP contribution in [0.3, 0.4) is 0 Å². The Bertz CT molecular complexity index is 1320. The summed E-state index contributed by atoms with van der Waals surface area (Å²) in [5, 5.41) is 16.1. The first-order valence-electron chi connectivity index (χ1n) is 10.7. The Morgan fingerprint density at radius 3 is 2.97 bits per heavy atom. The molecule has 1 aliphatic heterocycles. The molecule has 0 bridgehead atoms. The van der Waals surface area contributed by atoms with Crippen molar-refractivity contribution in [3.63, 3.8) is 0 Å². The number of nitrogens with two attached hydrogens (primary N) is 1. The molecule has 5 N–H and O–H groups in total. The van der Waals surface area contributed by atoms with Gasteiger partial charge in [0.05, 0.1) is 40.7 Å². The van der Waals surface area contributed by atoms with Crippen molar-refractivity contribution in [1.82, 2.24) is 10.4 Å².